The van der Waals surface area contributed by atoms with E-state index in [9.17, 15) is 18.7 Å². The second-order valence-electron chi connectivity index (χ2n) is 6.52. The number of halogens is 2. The molecular weight excluding hydrogens is 390 g/mol. The number of alkyl halides is 2. The molecule has 2 N–H and O–H groups in total. The molecule has 2 aliphatic heterocycles. The second kappa shape index (κ2) is 6.96. The van der Waals surface area contributed by atoms with Crippen molar-refractivity contribution in [3.63, 3.8) is 0 Å². The predicted molar refractivity (Wildman–Crippen MR) is 96.6 cm³/mol. The first-order valence-corrected chi connectivity index (χ1v) is 8.69. The number of aliphatic hydroxyl groups excluding tert-OH is 1. The Hall–Kier alpha value is -3.27. The highest BCUT2D eigenvalue weighted by molar-refractivity contribution is 5.90. The lowest BCUT2D eigenvalue weighted by Crippen LogP contribution is -2.41. The molecule has 0 spiro atoms. The second-order valence-corrected chi connectivity index (χ2v) is 6.52. The predicted octanol–water partition coefficient (Wildman–Crippen LogP) is 3.11. The Morgan fingerprint density at radius 2 is 1.86 bits per heavy atom. The average molecular weight is 408 g/mol. The Balaban J connectivity index is 1.55. The van der Waals surface area contributed by atoms with Crippen molar-refractivity contribution in [2.75, 3.05) is 26.1 Å². The van der Waals surface area contributed by atoms with Gasteiger partial charge in [0.2, 0.25) is 0 Å². The number of fused-ring (bicyclic) bond motifs is 2. The minimum absolute atomic E-state index is 0.0188. The molecule has 2 aromatic rings. The zero-order valence-corrected chi connectivity index (χ0v) is 15.6. The van der Waals surface area contributed by atoms with Crippen molar-refractivity contribution in [3.8, 4) is 23.0 Å². The molecule has 8 nitrogen and oxygen atoms in total. The highest BCUT2D eigenvalue weighted by atomic mass is 19.3. The number of aliphatic hydroxyl groups is 1. The summed E-state index contributed by atoms with van der Waals surface area (Å²) in [6.45, 7) is 0.187. The van der Waals surface area contributed by atoms with Gasteiger partial charge < -0.3 is 34.3 Å². The molecule has 0 fully saturated rings. The van der Waals surface area contributed by atoms with E-state index in [-0.39, 0.29) is 30.3 Å². The Morgan fingerprint density at radius 1 is 1.17 bits per heavy atom. The summed E-state index contributed by atoms with van der Waals surface area (Å²) in [7, 11) is 2.99. The summed E-state index contributed by atoms with van der Waals surface area (Å²) in [5.41, 5.74) is 1.44. The molecule has 0 saturated heterocycles. The first-order chi connectivity index (χ1) is 13.8. The number of carbonyl (C=O) groups excluding carboxylic acids is 1. The fraction of sp³-hybridized carbons (Fsp3) is 0.316. The van der Waals surface area contributed by atoms with Crippen molar-refractivity contribution in [1.82, 2.24) is 4.90 Å². The molecule has 0 aliphatic carbocycles. The van der Waals surface area contributed by atoms with Crippen LogP contribution in [0.4, 0.5) is 19.3 Å². The molecule has 2 amide bonds. The van der Waals surface area contributed by atoms with E-state index in [0.717, 1.165) is 0 Å². The summed E-state index contributed by atoms with van der Waals surface area (Å²) in [5, 5.41) is 13.2. The molecule has 0 saturated carbocycles. The van der Waals surface area contributed by atoms with E-state index in [1.54, 1.807) is 12.1 Å². The summed E-state index contributed by atoms with van der Waals surface area (Å²) in [6, 6.07) is 6.80. The summed E-state index contributed by atoms with van der Waals surface area (Å²) in [5.74, 6) is 0.725. The van der Waals surface area contributed by atoms with Crippen LogP contribution >= 0.6 is 0 Å². The molecule has 0 radical (unpaired) electrons. The summed E-state index contributed by atoms with van der Waals surface area (Å²) in [4.78, 5) is 14.1. The molecule has 0 bridgehead atoms. The maximum absolute atomic E-state index is 13.1. The number of benzene rings is 2. The van der Waals surface area contributed by atoms with Gasteiger partial charge in [-0.2, -0.15) is 0 Å². The smallest absolute Gasteiger partial charge is 0.496 e. The third-order valence-electron chi connectivity index (χ3n) is 4.73. The van der Waals surface area contributed by atoms with Gasteiger partial charge in [0.15, 0.2) is 11.5 Å². The summed E-state index contributed by atoms with van der Waals surface area (Å²) in [6.07, 6.45) is -4.72. The standard InChI is InChI=1S/C19H18F2N2O6/c1-26-13-5-6-15(27-2)17-11(13)8-23(9-12(17)24)18(25)22-10-3-4-14-16(7-10)29-19(20,21)28-14/h3-7,12,24H,8-9H2,1-2H3,(H,22,25)/t12-/m1/s1. The van der Waals surface area contributed by atoms with Crippen LogP contribution in [0.1, 0.15) is 17.2 Å². The van der Waals surface area contributed by atoms with E-state index in [1.807, 2.05) is 0 Å². The Bertz CT molecular complexity index is 968. The van der Waals surface area contributed by atoms with Crippen LogP contribution < -0.4 is 24.3 Å². The lowest BCUT2D eigenvalue weighted by Gasteiger charge is -2.34. The Labute approximate surface area is 164 Å². The number of anilines is 1. The largest absolute Gasteiger partial charge is 0.586 e. The van der Waals surface area contributed by atoms with Crippen LogP contribution in [0.3, 0.4) is 0 Å². The number of nitrogens with one attached hydrogen (secondary N) is 1. The number of ether oxygens (including phenoxy) is 4. The molecule has 4 rings (SSSR count). The van der Waals surface area contributed by atoms with Crippen LogP contribution in [-0.4, -0.2) is 43.1 Å². The van der Waals surface area contributed by atoms with Gasteiger partial charge in [0, 0.05) is 22.9 Å². The van der Waals surface area contributed by atoms with E-state index in [1.165, 1.54) is 37.3 Å². The van der Waals surface area contributed by atoms with E-state index < -0.39 is 18.4 Å². The highest BCUT2D eigenvalue weighted by Crippen LogP contribution is 2.43. The van der Waals surface area contributed by atoms with Crippen molar-refractivity contribution >= 4 is 11.7 Å². The minimum atomic E-state index is -3.73. The molecule has 29 heavy (non-hydrogen) atoms. The molecule has 2 aromatic carbocycles. The fourth-order valence-electron chi connectivity index (χ4n) is 3.46. The number of rotatable bonds is 3. The third-order valence-corrected chi connectivity index (χ3v) is 4.73. The molecule has 2 aliphatic rings. The van der Waals surface area contributed by atoms with Gasteiger partial charge in [0.05, 0.1) is 27.3 Å². The quantitative estimate of drug-likeness (QED) is 0.811. The average Bonchev–Trinajstić information content (AvgIpc) is 2.99. The van der Waals surface area contributed by atoms with Crippen LogP contribution in [0.5, 0.6) is 23.0 Å². The number of methoxy groups -OCH3 is 2. The van der Waals surface area contributed by atoms with Gasteiger partial charge in [0.25, 0.3) is 0 Å². The van der Waals surface area contributed by atoms with Crippen LogP contribution in [0.2, 0.25) is 0 Å². The van der Waals surface area contributed by atoms with Crippen molar-refractivity contribution in [3.05, 3.63) is 41.5 Å². The van der Waals surface area contributed by atoms with Gasteiger partial charge in [-0.25, -0.2) is 4.79 Å². The van der Waals surface area contributed by atoms with Gasteiger partial charge in [-0.3, -0.25) is 0 Å². The van der Waals surface area contributed by atoms with E-state index in [4.69, 9.17) is 9.47 Å². The van der Waals surface area contributed by atoms with Gasteiger partial charge in [-0.15, -0.1) is 8.78 Å². The first-order valence-electron chi connectivity index (χ1n) is 8.69. The molecule has 154 valence electrons. The number of carbonyl (C=O) groups is 1. The first kappa shape index (κ1) is 19.1. The van der Waals surface area contributed by atoms with E-state index in [0.29, 0.717) is 22.6 Å². The SMILES string of the molecule is COc1ccc(OC)c2c1CN(C(=O)Nc1ccc3c(c1)OC(F)(F)O3)C[C@H]2O. The fourth-order valence-corrected chi connectivity index (χ4v) is 3.46. The molecule has 10 heteroatoms. The third kappa shape index (κ3) is 3.46. The molecule has 0 unspecified atom stereocenters. The lowest BCUT2D eigenvalue weighted by atomic mass is 9.95. The number of hydrogen-bond acceptors (Lipinski definition) is 6. The van der Waals surface area contributed by atoms with E-state index in [2.05, 4.69) is 14.8 Å². The number of nitrogens with zero attached hydrogens (tertiary/aromatic N) is 1. The molecule has 1 atom stereocenters. The topological polar surface area (TPSA) is 89.5 Å². The van der Waals surface area contributed by atoms with Crippen molar-refractivity contribution in [2.24, 2.45) is 0 Å². The van der Waals surface area contributed by atoms with Crippen molar-refractivity contribution in [2.45, 2.75) is 18.9 Å². The molecule has 0 aromatic heterocycles. The summed E-state index contributed by atoms with van der Waals surface area (Å²) >= 11 is 0. The molecular formula is C19H18F2N2O6. The maximum Gasteiger partial charge on any atom is 0.586 e. The van der Waals surface area contributed by atoms with Crippen molar-refractivity contribution in [1.29, 1.82) is 0 Å². The van der Waals surface area contributed by atoms with Gasteiger partial charge >= 0.3 is 12.3 Å². The van der Waals surface area contributed by atoms with Crippen LogP contribution in [0.15, 0.2) is 30.3 Å². The number of β-amino-alcohol motifs (C(OH)–C–C–N with tert-alkyl or cyclic N) is 1. The highest BCUT2D eigenvalue weighted by Gasteiger charge is 2.43. The van der Waals surface area contributed by atoms with Crippen molar-refractivity contribution < 1.29 is 37.6 Å². The van der Waals surface area contributed by atoms with Crippen LogP contribution in [0.25, 0.3) is 0 Å². The number of amides is 2. The summed E-state index contributed by atoms with van der Waals surface area (Å²) < 4.78 is 45.7. The minimum Gasteiger partial charge on any atom is -0.496 e. The van der Waals surface area contributed by atoms with Gasteiger partial charge in [0.1, 0.15) is 17.6 Å². The zero-order valence-electron chi connectivity index (χ0n) is 15.6. The zero-order chi connectivity index (χ0) is 20.8. The van der Waals surface area contributed by atoms with Gasteiger partial charge in [-0.05, 0) is 24.3 Å². The Kier molecular flexibility index (Phi) is 4.58. The monoisotopic (exact) mass is 408 g/mol. The maximum atomic E-state index is 13.1. The van der Waals surface area contributed by atoms with E-state index >= 15 is 0 Å². The number of hydrogen-bond donors (Lipinski definition) is 2. The van der Waals surface area contributed by atoms with Gasteiger partial charge in [-0.1, -0.05) is 0 Å². The number of urea groups is 1. The normalized spacial score (nSPS) is 18.8. The lowest BCUT2D eigenvalue weighted by molar-refractivity contribution is -0.286. The van der Waals surface area contributed by atoms with Crippen LogP contribution in [0, 0.1) is 0 Å². The molecule has 2 heterocycles. The Morgan fingerprint density at radius 3 is 2.59 bits per heavy atom. The van der Waals surface area contributed by atoms with Crippen LogP contribution in [-0.2, 0) is 6.54 Å².